The molecule has 3 nitrogen and oxygen atoms in total. The first-order valence-corrected chi connectivity index (χ1v) is 7.84. The number of carbonyl (C=O) groups is 1. The summed E-state index contributed by atoms with van der Waals surface area (Å²) in [5, 5.41) is 1.08. The maximum Gasteiger partial charge on any atom is 0.186 e. The lowest BCUT2D eigenvalue weighted by Gasteiger charge is -2.31. The minimum atomic E-state index is 0.571. The number of hydrogen-bond acceptors (Lipinski definition) is 4. The fourth-order valence-electron chi connectivity index (χ4n) is 2.77. The smallest absolute Gasteiger partial charge is 0.186 e. The largest absolute Gasteiger partial charge is 0.348 e. The number of piperidine rings is 1. The molecule has 1 aromatic heterocycles. The van der Waals surface area contributed by atoms with Crippen molar-refractivity contribution in [3.8, 4) is 0 Å². The van der Waals surface area contributed by atoms with E-state index in [1.807, 2.05) is 0 Å². The normalized spacial score (nSPS) is 24.3. The van der Waals surface area contributed by atoms with Crippen molar-refractivity contribution in [1.29, 1.82) is 0 Å². The second-order valence-electron chi connectivity index (χ2n) is 5.50. The Morgan fingerprint density at radius 2 is 2.28 bits per heavy atom. The van der Waals surface area contributed by atoms with Crippen molar-refractivity contribution in [3.63, 3.8) is 0 Å². The molecule has 1 aromatic rings. The number of rotatable bonds is 4. The third-order valence-electron chi connectivity index (χ3n) is 4.11. The zero-order chi connectivity index (χ0) is 12.5. The van der Waals surface area contributed by atoms with E-state index < -0.39 is 0 Å². The van der Waals surface area contributed by atoms with Gasteiger partial charge in [0.1, 0.15) is 0 Å². The molecule has 1 saturated carbocycles. The molecule has 2 fully saturated rings. The maximum atomic E-state index is 11.1. The van der Waals surface area contributed by atoms with Gasteiger partial charge in [0, 0.05) is 19.0 Å². The van der Waals surface area contributed by atoms with Crippen molar-refractivity contribution in [2.24, 2.45) is 5.92 Å². The standard InChI is InChI=1S/C14H20N2OS/c1-2-10-4-3-7-16(8-10)14-15-13(11-5-6-11)12(9-17)18-14/h9-11H,2-8H2,1H3. The molecule has 0 spiro atoms. The van der Waals surface area contributed by atoms with Crippen LogP contribution in [0.25, 0.3) is 0 Å². The number of aromatic nitrogens is 1. The predicted octanol–water partition coefficient (Wildman–Crippen LogP) is 3.46. The average Bonchev–Trinajstić information content (AvgIpc) is 3.18. The summed E-state index contributed by atoms with van der Waals surface area (Å²) < 4.78 is 0. The van der Waals surface area contributed by atoms with Gasteiger partial charge in [-0.05, 0) is 31.6 Å². The van der Waals surface area contributed by atoms with Gasteiger partial charge in [-0.1, -0.05) is 24.7 Å². The molecule has 3 rings (SSSR count). The van der Waals surface area contributed by atoms with Gasteiger partial charge in [0.05, 0.1) is 10.6 Å². The molecule has 0 N–H and O–H groups in total. The molecule has 1 aliphatic carbocycles. The average molecular weight is 264 g/mol. The van der Waals surface area contributed by atoms with Crippen LogP contribution >= 0.6 is 11.3 Å². The lowest BCUT2D eigenvalue weighted by Crippen LogP contribution is -2.35. The van der Waals surface area contributed by atoms with Crippen LogP contribution in [0.15, 0.2) is 0 Å². The van der Waals surface area contributed by atoms with Gasteiger partial charge in [-0.25, -0.2) is 4.98 Å². The first kappa shape index (κ1) is 12.2. The summed E-state index contributed by atoms with van der Waals surface area (Å²) in [6, 6.07) is 0. The molecule has 1 aliphatic heterocycles. The van der Waals surface area contributed by atoms with Crippen molar-refractivity contribution in [2.75, 3.05) is 18.0 Å². The van der Waals surface area contributed by atoms with E-state index in [1.165, 1.54) is 32.1 Å². The van der Waals surface area contributed by atoms with E-state index in [9.17, 15) is 4.79 Å². The van der Waals surface area contributed by atoms with E-state index in [1.54, 1.807) is 11.3 Å². The second kappa shape index (κ2) is 5.00. The molecule has 1 atom stereocenters. The first-order chi connectivity index (χ1) is 8.81. The van der Waals surface area contributed by atoms with Gasteiger partial charge in [-0.15, -0.1) is 0 Å². The summed E-state index contributed by atoms with van der Waals surface area (Å²) in [4.78, 5) is 19.1. The summed E-state index contributed by atoms with van der Waals surface area (Å²) in [5.74, 6) is 1.37. The summed E-state index contributed by atoms with van der Waals surface area (Å²) in [7, 11) is 0. The number of thiazole rings is 1. The van der Waals surface area contributed by atoms with Gasteiger partial charge in [-0.2, -0.15) is 0 Å². The van der Waals surface area contributed by atoms with Crippen LogP contribution in [-0.2, 0) is 0 Å². The number of anilines is 1. The Hall–Kier alpha value is -0.900. The highest BCUT2D eigenvalue weighted by Crippen LogP contribution is 2.44. The molecule has 2 aliphatic rings. The van der Waals surface area contributed by atoms with Crippen molar-refractivity contribution < 1.29 is 4.79 Å². The molecule has 0 radical (unpaired) electrons. The maximum absolute atomic E-state index is 11.1. The van der Waals surface area contributed by atoms with Gasteiger partial charge in [0.15, 0.2) is 11.4 Å². The first-order valence-electron chi connectivity index (χ1n) is 7.02. The lowest BCUT2D eigenvalue weighted by atomic mass is 9.96. The third-order valence-corrected chi connectivity index (χ3v) is 5.17. The van der Waals surface area contributed by atoms with Gasteiger partial charge in [-0.3, -0.25) is 4.79 Å². The molecular formula is C14H20N2OS. The Morgan fingerprint density at radius 3 is 2.94 bits per heavy atom. The number of hydrogen-bond donors (Lipinski definition) is 0. The van der Waals surface area contributed by atoms with E-state index in [-0.39, 0.29) is 0 Å². The summed E-state index contributed by atoms with van der Waals surface area (Å²) >= 11 is 1.59. The molecule has 0 amide bonds. The Balaban J connectivity index is 1.80. The number of aldehydes is 1. The quantitative estimate of drug-likeness (QED) is 0.781. The minimum Gasteiger partial charge on any atom is -0.348 e. The van der Waals surface area contributed by atoms with Crippen molar-refractivity contribution in [1.82, 2.24) is 4.98 Å². The van der Waals surface area contributed by atoms with E-state index in [4.69, 9.17) is 4.98 Å². The van der Waals surface area contributed by atoms with E-state index in [0.717, 1.165) is 41.0 Å². The minimum absolute atomic E-state index is 0.571. The highest BCUT2D eigenvalue weighted by molar-refractivity contribution is 7.17. The van der Waals surface area contributed by atoms with E-state index >= 15 is 0 Å². The highest BCUT2D eigenvalue weighted by atomic mass is 32.1. The zero-order valence-electron chi connectivity index (χ0n) is 10.9. The Kier molecular flexibility index (Phi) is 3.37. The van der Waals surface area contributed by atoms with Crippen LogP contribution in [0.2, 0.25) is 0 Å². The SMILES string of the molecule is CCC1CCCN(c2nc(C3CC3)c(C=O)s2)C1. The topological polar surface area (TPSA) is 33.2 Å². The van der Waals surface area contributed by atoms with E-state index in [0.29, 0.717) is 5.92 Å². The van der Waals surface area contributed by atoms with Crippen molar-refractivity contribution >= 4 is 22.8 Å². The molecule has 18 heavy (non-hydrogen) atoms. The van der Waals surface area contributed by atoms with Crippen LogP contribution < -0.4 is 4.90 Å². The van der Waals surface area contributed by atoms with Crippen LogP contribution in [0.3, 0.4) is 0 Å². The second-order valence-corrected chi connectivity index (χ2v) is 6.51. The Labute approximate surface area is 112 Å². The lowest BCUT2D eigenvalue weighted by molar-refractivity contribution is 0.112. The predicted molar refractivity (Wildman–Crippen MR) is 74.7 cm³/mol. The zero-order valence-corrected chi connectivity index (χ0v) is 11.7. The van der Waals surface area contributed by atoms with E-state index in [2.05, 4.69) is 11.8 Å². The van der Waals surface area contributed by atoms with Crippen LogP contribution in [0, 0.1) is 5.92 Å². The summed E-state index contributed by atoms with van der Waals surface area (Å²) in [5.41, 5.74) is 1.07. The van der Waals surface area contributed by atoms with Gasteiger partial charge >= 0.3 is 0 Å². The fourth-order valence-corrected chi connectivity index (χ4v) is 3.77. The molecule has 1 unspecified atom stereocenters. The summed E-state index contributed by atoms with van der Waals surface area (Å²) in [6.07, 6.45) is 7.26. The molecule has 98 valence electrons. The van der Waals surface area contributed by atoms with Crippen LogP contribution in [-0.4, -0.2) is 24.4 Å². The molecule has 0 aromatic carbocycles. The molecule has 2 heterocycles. The highest BCUT2D eigenvalue weighted by Gasteiger charge is 2.31. The van der Waals surface area contributed by atoms with Gasteiger partial charge in [0.25, 0.3) is 0 Å². The van der Waals surface area contributed by atoms with Crippen LogP contribution in [0.4, 0.5) is 5.13 Å². The monoisotopic (exact) mass is 264 g/mol. The van der Waals surface area contributed by atoms with Crippen molar-refractivity contribution in [2.45, 2.75) is 44.9 Å². The fraction of sp³-hybridized carbons (Fsp3) is 0.714. The van der Waals surface area contributed by atoms with Crippen LogP contribution in [0.5, 0.6) is 0 Å². The Bertz CT molecular complexity index is 439. The molecule has 1 saturated heterocycles. The Morgan fingerprint density at radius 1 is 1.44 bits per heavy atom. The molecule has 4 heteroatoms. The number of carbonyl (C=O) groups excluding carboxylic acids is 1. The molecular weight excluding hydrogens is 244 g/mol. The summed E-state index contributed by atoms with van der Waals surface area (Å²) in [6.45, 7) is 4.49. The van der Waals surface area contributed by atoms with Crippen molar-refractivity contribution in [3.05, 3.63) is 10.6 Å². The third kappa shape index (κ3) is 2.30. The number of nitrogens with zero attached hydrogens (tertiary/aromatic N) is 2. The van der Waals surface area contributed by atoms with Gasteiger partial charge in [0.2, 0.25) is 0 Å². The van der Waals surface area contributed by atoms with Gasteiger partial charge < -0.3 is 4.90 Å². The van der Waals surface area contributed by atoms with Crippen LogP contribution in [0.1, 0.15) is 60.3 Å². The molecule has 0 bridgehead atoms.